The van der Waals surface area contributed by atoms with E-state index < -0.39 is 6.10 Å². The number of halogens is 1. The first kappa shape index (κ1) is 12.8. The number of ether oxygens (including phenoxy) is 1. The number of primary amides is 1. The van der Waals surface area contributed by atoms with Crippen molar-refractivity contribution < 1.29 is 13.9 Å². The van der Waals surface area contributed by atoms with E-state index in [1.54, 1.807) is 29.1 Å². The number of nitrogens with zero attached hydrogens (tertiary/aromatic N) is 2. The molecule has 2 N–H and O–H groups in total. The molecule has 104 valence electrons. The molecule has 3 rings (SSSR count). The molecule has 0 aliphatic carbocycles. The standard InChI is InChI=1S/C14H14FN3O2/c15-9-1-3-10(4-2-9)18-12(5-7-17-18)13-11(14(16)19)6-8-20-13/h1-5,7,11,13H,6,8H2,(H2,16,19)/t11-,13-/m0/s1. The summed E-state index contributed by atoms with van der Waals surface area (Å²) in [4.78, 5) is 11.5. The lowest BCUT2D eigenvalue weighted by atomic mass is 9.98. The van der Waals surface area contributed by atoms with Crippen LogP contribution in [0, 0.1) is 11.7 Å². The molecular weight excluding hydrogens is 261 g/mol. The summed E-state index contributed by atoms with van der Waals surface area (Å²) in [5.74, 6) is -1.04. The van der Waals surface area contributed by atoms with E-state index in [2.05, 4.69) is 5.10 Å². The Morgan fingerprint density at radius 2 is 2.10 bits per heavy atom. The van der Waals surface area contributed by atoms with E-state index in [-0.39, 0.29) is 17.6 Å². The summed E-state index contributed by atoms with van der Waals surface area (Å²) in [7, 11) is 0. The molecule has 20 heavy (non-hydrogen) atoms. The second-order valence-corrected chi connectivity index (χ2v) is 4.73. The minimum absolute atomic E-state index is 0.311. The Labute approximate surface area is 115 Å². The average Bonchev–Trinajstić information content (AvgIpc) is 3.07. The molecule has 2 heterocycles. The molecule has 1 saturated heterocycles. The average molecular weight is 275 g/mol. The van der Waals surface area contributed by atoms with E-state index in [1.165, 1.54) is 12.1 Å². The van der Waals surface area contributed by atoms with Gasteiger partial charge in [-0.1, -0.05) is 0 Å². The maximum absolute atomic E-state index is 13.0. The van der Waals surface area contributed by atoms with Crippen molar-refractivity contribution >= 4 is 5.91 Å². The summed E-state index contributed by atoms with van der Waals surface area (Å²) in [6.07, 6.45) is 1.83. The van der Waals surface area contributed by atoms with Gasteiger partial charge < -0.3 is 10.5 Å². The van der Waals surface area contributed by atoms with Crippen molar-refractivity contribution in [3.8, 4) is 5.69 Å². The molecule has 2 aromatic rings. The molecule has 1 amide bonds. The molecule has 1 fully saturated rings. The Bertz CT molecular complexity index is 624. The van der Waals surface area contributed by atoms with Crippen LogP contribution in [0.3, 0.4) is 0 Å². The van der Waals surface area contributed by atoms with Crippen molar-refractivity contribution in [1.82, 2.24) is 9.78 Å². The summed E-state index contributed by atoms with van der Waals surface area (Å²) in [6.45, 7) is 0.493. The van der Waals surface area contributed by atoms with E-state index >= 15 is 0 Å². The fourth-order valence-corrected chi connectivity index (χ4v) is 2.50. The summed E-state index contributed by atoms with van der Waals surface area (Å²) < 4.78 is 20.2. The van der Waals surface area contributed by atoms with Crippen LogP contribution in [0.4, 0.5) is 4.39 Å². The Morgan fingerprint density at radius 1 is 1.35 bits per heavy atom. The van der Waals surface area contributed by atoms with Crippen molar-refractivity contribution in [3.63, 3.8) is 0 Å². The van der Waals surface area contributed by atoms with E-state index in [0.29, 0.717) is 18.7 Å². The number of rotatable bonds is 3. The zero-order chi connectivity index (χ0) is 14.1. The number of nitrogens with two attached hydrogens (primary N) is 1. The molecule has 1 aromatic carbocycles. The number of carbonyl (C=O) groups excluding carboxylic acids is 1. The fourth-order valence-electron chi connectivity index (χ4n) is 2.50. The highest BCUT2D eigenvalue weighted by atomic mass is 19.1. The number of aromatic nitrogens is 2. The quantitative estimate of drug-likeness (QED) is 0.924. The van der Waals surface area contributed by atoms with Gasteiger partial charge in [0.15, 0.2) is 0 Å². The van der Waals surface area contributed by atoms with Gasteiger partial charge in [-0.05, 0) is 36.8 Å². The zero-order valence-electron chi connectivity index (χ0n) is 10.7. The molecule has 1 aromatic heterocycles. The molecule has 0 spiro atoms. The second-order valence-electron chi connectivity index (χ2n) is 4.73. The van der Waals surface area contributed by atoms with Gasteiger partial charge in [0.05, 0.1) is 17.3 Å². The van der Waals surface area contributed by atoms with Crippen LogP contribution in [-0.4, -0.2) is 22.3 Å². The molecule has 2 atom stereocenters. The lowest BCUT2D eigenvalue weighted by Crippen LogP contribution is -2.26. The number of carbonyl (C=O) groups is 1. The highest BCUT2D eigenvalue weighted by Crippen LogP contribution is 2.35. The van der Waals surface area contributed by atoms with Gasteiger partial charge in [-0.3, -0.25) is 4.79 Å². The molecule has 1 aliphatic heterocycles. The van der Waals surface area contributed by atoms with Crippen molar-refractivity contribution in [2.45, 2.75) is 12.5 Å². The zero-order valence-corrected chi connectivity index (χ0v) is 10.7. The van der Waals surface area contributed by atoms with Crippen molar-refractivity contribution in [1.29, 1.82) is 0 Å². The molecule has 0 unspecified atom stereocenters. The Morgan fingerprint density at radius 3 is 2.80 bits per heavy atom. The maximum Gasteiger partial charge on any atom is 0.223 e. The summed E-state index contributed by atoms with van der Waals surface area (Å²) in [5, 5.41) is 4.22. The van der Waals surface area contributed by atoms with Gasteiger partial charge >= 0.3 is 0 Å². The number of hydrogen-bond donors (Lipinski definition) is 1. The minimum atomic E-state index is -0.403. The smallest absolute Gasteiger partial charge is 0.223 e. The van der Waals surface area contributed by atoms with Gasteiger partial charge in [0, 0.05) is 12.8 Å². The normalized spacial score (nSPS) is 22.1. The van der Waals surface area contributed by atoms with Crippen LogP contribution in [-0.2, 0) is 9.53 Å². The molecular formula is C14H14FN3O2. The monoisotopic (exact) mass is 275 g/mol. The van der Waals surface area contributed by atoms with E-state index in [9.17, 15) is 9.18 Å². The van der Waals surface area contributed by atoms with Crippen molar-refractivity contribution in [2.24, 2.45) is 11.7 Å². The summed E-state index contributed by atoms with van der Waals surface area (Å²) in [6, 6.07) is 7.76. The predicted molar refractivity (Wildman–Crippen MR) is 69.5 cm³/mol. The van der Waals surface area contributed by atoms with E-state index in [0.717, 1.165) is 5.69 Å². The SMILES string of the molecule is NC(=O)[C@H]1CCO[C@@H]1c1ccnn1-c1ccc(F)cc1. The van der Waals surface area contributed by atoms with E-state index in [1.807, 2.05) is 0 Å². The molecule has 0 bridgehead atoms. The summed E-state index contributed by atoms with van der Waals surface area (Å²) >= 11 is 0. The highest BCUT2D eigenvalue weighted by Gasteiger charge is 2.36. The van der Waals surface area contributed by atoms with Crippen LogP contribution in [0.1, 0.15) is 18.2 Å². The van der Waals surface area contributed by atoms with Gasteiger partial charge in [-0.2, -0.15) is 5.10 Å². The van der Waals surface area contributed by atoms with Gasteiger partial charge in [0.25, 0.3) is 0 Å². The first-order valence-electron chi connectivity index (χ1n) is 6.37. The largest absolute Gasteiger partial charge is 0.371 e. The van der Waals surface area contributed by atoms with Gasteiger partial charge in [-0.15, -0.1) is 0 Å². The summed E-state index contributed by atoms with van der Waals surface area (Å²) in [5.41, 5.74) is 6.87. The second kappa shape index (κ2) is 5.05. The third-order valence-corrected chi connectivity index (χ3v) is 3.49. The van der Waals surface area contributed by atoms with Gasteiger partial charge in [0.1, 0.15) is 11.9 Å². The highest BCUT2D eigenvalue weighted by molar-refractivity contribution is 5.77. The number of hydrogen-bond acceptors (Lipinski definition) is 3. The molecule has 0 saturated carbocycles. The first-order valence-corrected chi connectivity index (χ1v) is 6.37. The van der Waals surface area contributed by atoms with Crippen LogP contribution in [0.5, 0.6) is 0 Å². The number of benzene rings is 1. The predicted octanol–water partition coefficient (Wildman–Crippen LogP) is 1.57. The van der Waals surface area contributed by atoms with E-state index in [4.69, 9.17) is 10.5 Å². The molecule has 6 heteroatoms. The van der Waals surface area contributed by atoms with Crippen LogP contribution in [0.15, 0.2) is 36.5 Å². The van der Waals surface area contributed by atoms with Crippen molar-refractivity contribution in [3.05, 3.63) is 48.0 Å². The Balaban J connectivity index is 1.98. The van der Waals surface area contributed by atoms with Crippen LogP contribution < -0.4 is 5.73 Å². The molecule has 1 aliphatic rings. The maximum atomic E-state index is 13.0. The topological polar surface area (TPSA) is 70.1 Å². The fraction of sp³-hybridized carbons (Fsp3) is 0.286. The van der Waals surface area contributed by atoms with Crippen LogP contribution in [0.2, 0.25) is 0 Å². The molecule has 0 radical (unpaired) electrons. The molecule has 5 nitrogen and oxygen atoms in total. The third kappa shape index (κ3) is 2.18. The van der Waals surface area contributed by atoms with Gasteiger partial charge in [-0.25, -0.2) is 9.07 Å². The van der Waals surface area contributed by atoms with Crippen molar-refractivity contribution in [2.75, 3.05) is 6.61 Å². The first-order chi connectivity index (χ1) is 9.66. The van der Waals surface area contributed by atoms with Crippen LogP contribution in [0.25, 0.3) is 5.69 Å². The Kier molecular flexibility index (Phi) is 3.23. The van der Waals surface area contributed by atoms with Crippen LogP contribution >= 0.6 is 0 Å². The van der Waals surface area contributed by atoms with Gasteiger partial charge in [0.2, 0.25) is 5.91 Å². The lowest BCUT2D eigenvalue weighted by molar-refractivity contribution is -0.123. The third-order valence-electron chi connectivity index (χ3n) is 3.49. The lowest BCUT2D eigenvalue weighted by Gasteiger charge is -2.17. The Hall–Kier alpha value is -2.21. The number of amides is 1. The minimum Gasteiger partial charge on any atom is -0.371 e.